The molecule has 2 N–H and O–H groups in total. The molecule has 0 fully saturated rings. The zero-order valence-corrected chi connectivity index (χ0v) is 21.6. The molecule has 0 unspecified atom stereocenters. The topological polar surface area (TPSA) is 109 Å². The first-order valence-corrected chi connectivity index (χ1v) is 11.7. The van der Waals surface area contributed by atoms with Crippen molar-refractivity contribution in [3.8, 4) is 5.75 Å². The Morgan fingerprint density at radius 2 is 1.78 bits per heavy atom. The summed E-state index contributed by atoms with van der Waals surface area (Å²) in [6.07, 6.45) is 5.47. The Bertz CT molecular complexity index is 1490. The molecule has 3 aromatic heterocycles. The molecule has 0 spiro atoms. The van der Waals surface area contributed by atoms with E-state index in [0.717, 1.165) is 25.0 Å². The Kier molecular flexibility index (Phi) is 9.12. The largest absolute Gasteiger partial charge is 0.492 e. The van der Waals surface area contributed by atoms with Crippen LogP contribution in [0.4, 0.5) is 8.78 Å². The molecule has 0 radical (unpaired) electrons. The van der Waals surface area contributed by atoms with E-state index in [0.29, 0.717) is 29.2 Å². The second-order valence-corrected chi connectivity index (χ2v) is 9.14. The molecule has 4 rings (SSSR count). The van der Waals surface area contributed by atoms with E-state index in [1.54, 1.807) is 25.2 Å². The monoisotopic (exact) mass is 532 g/mol. The summed E-state index contributed by atoms with van der Waals surface area (Å²) in [5.41, 5.74) is 6.30. The third-order valence-corrected chi connectivity index (χ3v) is 5.90. The second-order valence-electron chi connectivity index (χ2n) is 8.76. The lowest BCUT2D eigenvalue weighted by atomic mass is 10.1. The maximum atomic E-state index is 14.2. The number of halogens is 3. The molecule has 0 aliphatic heterocycles. The van der Waals surface area contributed by atoms with Gasteiger partial charge in [-0.2, -0.15) is 0 Å². The van der Waals surface area contributed by atoms with E-state index in [2.05, 4.69) is 28.6 Å². The zero-order chi connectivity index (χ0) is 27.3. The highest BCUT2D eigenvalue weighted by molar-refractivity contribution is 6.33. The molecule has 3 heterocycles. The van der Waals surface area contributed by atoms with Crippen LogP contribution < -0.4 is 16.0 Å². The summed E-state index contributed by atoms with van der Waals surface area (Å²) in [6.45, 7) is 4.61. The molecule has 0 amide bonds. The Morgan fingerprint density at radius 3 is 2.46 bits per heavy atom. The predicted octanol–water partition coefficient (Wildman–Crippen LogP) is 4.64. The van der Waals surface area contributed by atoms with E-state index >= 15 is 0 Å². The van der Waals surface area contributed by atoms with Crippen LogP contribution in [0, 0.1) is 17.6 Å². The summed E-state index contributed by atoms with van der Waals surface area (Å²) in [6, 6.07) is 5.23. The normalized spacial score (nSPS) is 11.8. The summed E-state index contributed by atoms with van der Waals surface area (Å²) in [5.74, 6) is -0.839. The summed E-state index contributed by atoms with van der Waals surface area (Å²) in [5, 5.41) is 0.937. The van der Waals surface area contributed by atoms with Crippen molar-refractivity contribution in [1.29, 1.82) is 0 Å². The van der Waals surface area contributed by atoms with Gasteiger partial charge in [0.25, 0.3) is 5.56 Å². The average Bonchev–Trinajstić information content (AvgIpc) is 2.87. The standard InChI is InChI=1S/C19H22FN3O2.C7H5ClFNO2/c1-11(2)6-12(21)10-25-13-4-5-14-17(7-13)23(3)19(24)15-8-22-9-16(20)18(14)15;1-12-7(11)4-2-10-3-5(9)6(4)8/h4-5,7-9,11-12H,6,10,21H2,1-3H3;2-3H,1H3/t12-;/m0./s1. The second kappa shape index (κ2) is 12.1. The molecule has 0 saturated heterocycles. The van der Waals surface area contributed by atoms with Crippen molar-refractivity contribution in [2.24, 2.45) is 18.7 Å². The van der Waals surface area contributed by atoms with Gasteiger partial charge < -0.3 is 19.8 Å². The maximum absolute atomic E-state index is 14.2. The number of rotatable bonds is 6. The first-order chi connectivity index (χ1) is 17.5. The van der Waals surface area contributed by atoms with Gasteiger partial charge in [0.05, 0.1) is 41.0 Å². The SMILES string of the molecule is CC(C)C[C@H](N)COc1ccc2c3c(F)cncc3c(=O)n(C)c2c1.COC(=O)c1cncc(F)c1Cl. The van der Waals surface area contributed by atoms with E-state index in [9.17, 15) is 18.4 Å². The fourth-order valence-electron chi connectivity index (χ4n) is 3.80. The van der Waals surface area contributed by atoms with Crippen LogP contribution in [0.2, 0.25) is 5.02 Å². The van der Waals surface area contributed by atoms with E-state index in [1.807, 2.05) is 0 Å². The summed E-state index contributed by atoms with van der Waals surface area (Å²) in [7, 11) is 2.84. The van der Waals surface area contributed by atoms with E-state index < -0.39 is 17.6 Å². The fraction of sp³-hybridized carbons (Fsp3) is 0.308. The van der Waals surface area contributed by atoms with Crippen molar-refractivity contribution >= 4 is 39.2 Å². The fourth-order valence-corrected chi connectivity index (χ4v) is 3.97. The minimum absolute atomic E-state index is 0.0559. The van der Waals surface area contributed by atoms with Crippen LogP contribution in [0.25, 0.3) is 21.7 Å². The van der Waals surface area contributed by atoms with Crippen LogP contribution >= 0.6 is 11.6 Å². The number of nitrogens with two attached hydrogens (primary N) is 1. The highest BCUT2D eigenvalue weighted by atomic mass is 35.5. The van der Waals surface area contributed by atoms with Crippen molar-refractivity contribution < 1.29 is 23.0 Å². The number of fused-ring (bicyclic) bond motifs is 3. The lowest BCUT2D eigenvalue weighted by molar-refractivity contribution is 0.0600. The van der Waals surface area contributed by atoms with Gasteiger partial charge in [0.1, 0.15) is 18.2 Å². The van der Waals surface area contributed by atoms with Crippen LogP contribution in [0.1, 0.15) is 30.6 Å². The van der Waals surface area contributed by atoms with Gasteiger partial charge in [0, 0.05) is 42.3 Å². The number of ether oxygens (including phenoxy) is 2. The number of pyridine rings is 3. The molecule has 0 aliphatic carbocycles. The molecule has 0 aliphatic rings. The predicted molar refractivity (Wildman–Crippen MR) is 138 cm³/mol. The third kappa shape index (κ3) is 6.39. The molecular formula is C26H27ClF2N4O4. The van der Waals surface area contributed by atoms with Crippen LogP contribution in [0.3, 0.4) is 0 Å². The number of nitrogens with zero attached hydrogens (tertiary/aromatic N) is 3. The average molecular weight is 533 g/mol. The van der Waals surface area contributed by atoms with Crippen LogP contribution in [-0.2, 0) is 11.8 Å². The molecule has 4 aromatic rings. The van der Waals surface area contributed by atoms with Gasteiger partial charge in [0.15, 0.2) is 5.82 Å². The van der Waals surface area contributed by atoms with Gasteiger partial charge in [-0.05, 0) is 24.5 Å². The Balaban J connectivity index is 0.000000266. The maximum Gasteiger partial charge on any atom is 0.341 e. The molecule has 1 aromatic carbocycles. The van der Waals surface area contributed by atoms with Crippen molar-refractivity contribution in [3.63, 3.8) is 0 Å². The van der Waals surface area contributed by atoms with E-state index in [1.165, 1.54) is 17.9 Å². The Hall–Kier alpha value is -3.63. The molecule has 0 saturated carbocycles. The van der Waals surface area contributed by atoms with Crippen LogP contribution in [-0.4, -0.2) is 40.3 Å². The van der Waals surface area contributed by atoms with Crippen molar-refractivity contribution in [1.82, 2.24) is 14.5 Å². The highest BCUT2D eigenvalue weighted by Crippen LogP contribution is 2.27. The highest BCUT2D eigenvalue weighted by Gasteiger charge is 2.15. The molecule has 11 heteroatoms. The number of aryl methyl sites for hydroxylation is 1. The molecule has 0 bridgehead atoms. The zero-order valence-electron chi connectivity index (χ0n) is 20.8. The number of esters is 1. The van der Waals surface area contributed by atoms with Gasteiger partial charge >= 0.3 is 5.97 Å². The smallest absolute Gasteiger partial charge is 0.341 e. The van der Waals surface area contributed by atoms with E-state index in [4.69, 9.17) is 22.1 Å². The number of carbonyl (C=O) groups is 1. The summed E-state index contributed by atoms with van der Waals surface area (Å²) in [4.78, 5) is 30.6. The Labute approximate surface area is 217 Å². The molecular weight excluding hydrogens is 506 g/mol. The minimum Gasteiger partial charge on any atom is -0.492 e. The quantitative estimate of drug-likeness (QED) is 0.284. The molecule has 8 nitrogen and oxygen atoms in total. The van der Waals surface area contributed by atoms with Crippen molar-refractivity contribution in [2.75, 3.05) is 13.7 Å². The number of carbonyl (C=O) groups excluding carboxylic acids is 1. The number of benzene rings is 1. The first-order valence-electron chi connectivity index (χ1n) is 11.4. The van der Waals surface area contributed by atoms with Gasteiger partial charge in [-0.25, -0.2) is 13.6 Å². The van der Waals surface area contributed by atoms with Crippen LogP contribution in [0.15, 0.2) is 47.8 Å². The lowest BCUT2D eigenvalue weighted by Crippen LogP contribution is -2.29. The summed E-state index contributed by atoms with van der Waals surface area (Å²) < 4.78 is 38.5. The molecule has 196 valence electrons. The molecule has 37 heavy (non-hydrogen) atoms. The Morgan fingerprint density at radius 1 is 1.11 bits per heavy atom. The number of aromatic nitrogens is 3. The molecule has 1 atom stereocenters. The first kappa shape index (κ1) is 27.9. The number of hydrogen-bond donors (Lipinski definition) is 1. The summed E-state index contributed by atoms with van der Waals surface area (Å²) >= 11 is 5.45. The minimum atomic E-state index is -0.737. The third-order valence-electron chi connectivity index (χ3n) is 5.52. The van der Waals surface area contributed by atoms with Crippen molar-refractivity contribution in [3.05, 3.63) is 75.6 Å². The van der Waals surface area contributed by atoms with Crippen molar-refractivity contribution in [2.45, 2.75) is 26.3 Å². The van der Waals surface area contributed by atoms with Crippen LogP contribution in [0.5, 0.6) is 5.75 Å². The van der Waals surface area contributed by atoms with Gasteiger partial charge in [0.2, 0.25) is 0 Å². The lowest BCUT2D eigenvalue weighted by Gasteiger charge is -2.16. The van der Waals surface area contributed by atoms with E-state index in [-0.39, 0.29) is 33.0 Å². The van der Waals surface area contributed by atoms with Gasteiger partial charge in [-0.1, -0.05) is 25.4 Å². The van der Waals surface area contributed by atoms with Gasteiger partial charge in [-0.15, -0.1) is 0 Å². The number of methoxy groups -OCH3 is 1. The van der Waals surface area contributed by atoms with Gasteiger partial charge in [-0.3, -0.25) is 14.8 Å². The number of hydrogen-bond acceptors (Lipinski definition) is 7.